The van der Waals surface area contributed by atoms with E-state index in [1.165, 1.54) is 18.4 Å². The van der Waals surface area contributed by atoms with Crippen molar-refractivity contribution in [2.24, 2.45) is 5.92 Å². The van der Waals surface area contributed by atoms with Crippen molar-refractivity contribution in [3.05, 3.63) is 72.4 Å². The summed E-state index contributed by atoms with van der Waals surface area (Å²) >= 11 is 0. The number of amides is 1. The van der Waals surface area contributed by atoms with E-state index in [4.69, 9.17) is 5.10 Å². The summed E-state index contributed by atoms with van der Waals surface area (Å²) in [5, 5.41) is 8.09. The summed E-state index contributed by atoms with van der Waals surface area (Å²) in [4.78, 5) is 14.7. The van der Waals surface area contributed by atoms with Crippen LogP contribution in [0, 0.1) is 5.92 Å². The first-order valence-electron chi connectivity index (χ1n) is 12.0. The second kappa shape index (κ2) is 9.70. The van der Waals surface area contributed by atoms with Gasteiger partial charge in [-0.2, -0.15) is 5.10 Å². The Morgan fingerprint density at radius 2 is 1.75 bits per heavy atom. The van der Waals surface area contributed by atoms with Crippen molar-refractivity contribution in [3.63, 3.8) is 0 Å². The fourth-order valence-corrected chi connectivity index (χ4v) is 4.71. The van der Waals surface area contributed by atoms with Crippen molar-refractivity contribution < 1.29 is 4.79 Å². The molecular weight excluding hydrogens is 396 g/mol. The molecule has 1 saturated heterocycles. The minimum atomic E-state index is 0.236. The quantitative estimate of drug-likeness (QED) is 0.560. The van der Waals surface area contributed by atoms with Gasteiger partial charge < -0.3 is 5.32 Å². The predicted molar refractivity (Wildman–Crippen MR) is 127 cm³/mol. The van der Waals surface area contributed by atoms with Crippen LogP contribution in [0.1, 0.15) is 44.1 Å². The van der Waals surface area contributed by atoms with Crippen LogP contribution in [0.3, 0.4) is 0 Å². The van der Waals surface area contributed by atoms with Crippen molar-refractivity contribution in [3.8, 4) is 16.9 Å². The highest BCUT2D eigenvalue weighted by molar-refractivity contribution is 5.76. The summed E-state index contributed by atoms with van der Waals surface area (Å²) in [7, 11) is 0. The van der Waals surface area contributed by atoms with E-state index in [0.29, 0.717) is 18.4 Å². The predicted octanol–water partition coefficient (Wildman–Crippen LogP) is 4.81. The van der Waals surface area contributed by atoms with Crippen molar-refractivity contribution >= 4 is 5.91 Å². The minimum Gasteiger partial charge on any atom is -0.353 e. The van der Waals surface area contributed by atoms with Crippen molar-refractivity contribution in [1.82, 2.24) is 20.0 Å². The van der Waals surface area contributed by atoms with Crippen LogP contribution in [0.25, 0.3) is 16.9 Å². The molecule has 0 spiro atoms. The zero-order valence-electron chi connectivity index (χ0n) is 18.6. The lowest BCUT2D eigenvalue weighted by atomic mass is 9.93. The molecule has 2 fully saturated rings. The first-order valence-corrected chi connectivity index (χ1v) is 12.0. The van der Waals surface area contributed by atoms with Crippen molar-refractivity contribution in [1.29, 1.82) is 0 Å². The third kappa shape index (κ3) is 5.28. The molecule has 3 aromatic rings. The molecule has 166 valence electrons. The molecule has 1 saturated carbocycles. The van der Waals surface area contributed by atoms with Crippen LogP contribution in [0.15, 0.2) is 66.9 Å². The highest BCUT2D eigenvalue weighted by atomic mass is 16.1. The van der Waals surface area contributed by atoms with Gasteiger partial charge in [0.25, 0.3) is 0 Å². The van der Waals surface area contributed by atoms with Gasteiger partial charge in [0.2, 0.25) is 5.91 Å². The average Bonchev–Trinajstić information content (AvgIpc) is 3.55. The molecular formula is C27H32N4O. The van der Waals surface area contributed by atoms with Gasteiger partial charge in [-0.1, -0.05) is 48.5 Å². The lowest BCUT2D eigenvalue weighted by Crippen LogP contribution is -2.35. The maximum absolute atomic E-state index is 12.1. The highest BCUT2D eigenvalue weighted by Crippen LogP contribution is 2.28. The van der Waals surface area contributed by atoms with Gasteiger partial charge in [0.1, 0.15) is 0 Å². The number of hydrogen-bond donors (Lipinski definition) is 1. The molecule has 0 radical (unpaired) electrons. The second-order valence-corrected chi connectivity index (χ2v) is 9.27. The number of nitrogens with zero attached hydrogens (tertiary/aromatic N) is 3. The molecule has 5 nitrogen and oxygen atoms in total. The largest absolute Gasteiger partial charge is 0.353 e. The molecule has 32 heavy (non-hydrogen) atoms. The van der Waals surface area contributed by atoms with E-state index in [1.807, 2.05) is 28.9 Å². The number of nitrogens with one attached hydrogen (secondary N) is 1. The van der Waals surface area contributed by atoms with E-state index in [0.717, 1.165) is 55.8 Å². The molecule has 1 aromatic heterocycles. The number of likely N-dealkylation sites (tertiary alicyclic amines) is 1. The maximum atomic E-state index is 12.1. The number of benzene rings is 2. The molecule has 2 aliphatic rings. The van der Waals surface area contributed by atoms with Gasteiger partial charge in [-0.3, -0.25) is 9.69 Å². The fourth-order valence-electron chi connectivity index (χ4n) is 4.71. The third-order valence-electron chi connectivity index (χ3n) is 6.58. The number of carbonyl (C=O) groups excluding carboxylic acids is 1. The first kappa shape index (κ1) is 21.0. The summed E-state index contributed by atoms with van der Waals surface area (Å²) in [6.45, 7) is 3.05. The van der Waals surface area contributed by atoms with E-state index >= 15 is 0 Å². The van der Waals surface area contributed by atoms with Crippen LogP contribution in [-0.2, 0) is 11.3 Å². The normalized spacial score (nSPS) is 19.1. The molecule has 2 aromatic carbocycles. The fraction of sp³-hybridized carbons (Fsp3) is 0.407. The molecule has 1 aliphatic carbocycles. The molecule has 5 heteroatoms. The summed E-state index contributed by atoms with van der Waals surface area (Å²) in [5.41, 5.74) is 4.55. The highest BCUT2D eigenvalue weighted by Gasteiger charge is 2.25. The molecule has 0 unspecified atom stereocenters. The molecule has 1 amide bonds. The monoisotopic (exact) mass is 428 g/mol. The van der Waals surface area contributed by atoms with Gasteiger partial charge in [0.05, 0.1) is 11.4 Å². The molecule has 1 atom stereocenters. The Balaban J connectivity index is 1.29. The lowest BCUT2D eigenvalue weighted by Gasteiger charge is -2.32. The Hall–Kier alpha value is -2.92. The Morgan fingerprint density at radius 3 is 2.50 bits per heavy atom. The van der Waals surface area contributed by atoms with Gasteiger partial charge >= 0.3 is 0 Å². The van der Waals surface area contributed by atoms with Gasteiger partial charge in [0, 0.05) is 42.9 Å². The summed E-state index contributed by atoms with van der Waals surface area (Å²) in [6.07, 6.45) is 8.57. The van der Waals surface area contributed by atoms with Crippen LogP contribution in [0.4, 0.5) is 0 Å². The molecule has 0 bridgehead atoms. The minimum absolute atomic E-state index is 0.236. The average molecular weight is 429 g/mol. The number of para-hydroxylation sites is 1. The van der Waals surface area contributed by atoms with Gasteiger partial charge in [0.15, 0.2) is 0 Å². The van der Waals surface area contributed by atoms with E-state index in [-0.39, 0.29) is 5.91 Å². The standard InChI is InChI=1S/C27H32N4O/c32-26(28-24-14-15-24)16-13-21-8-7-17-30(18-21)19-23-20-31(25-11-5-2-6-12-25)29-27(23)22-9-3-1-4-10-22/h1-6,9-12,20-21,24H,7-8,13-19H2,(H,28,32)/t21-/m1/s1. The summed E-state index contributed by atoms with van der Waals surface area (Å²) in [5.74, 6) is 0.832. The van der Waals surface area contributed by atoms with Gasteiger partial charge in [-0.15, -0.1) is 0 Å². The van der Waals surface area contributed by atoms with E-state index in [2.05, 4.69) is 52.8 Å². The molecule has 1 aliphatic heterocycles. The van der Waals surface area contributed by atoms with Crippen LogP contribution >= 0.6 is 0 Å². The molecule has 1 N–H and O–H groups in total. The van der Waals surface area contributed by atoms with E-state index < -0.39 is 0 Å². The smallest absolute Gasteiger partial charge is 0.220 e. The van der Waals surface area contributed by atoms with Crippen LogP contribution in [0.5, 0.6) is 0 Å². The van der Waals surface area contributed by atoms with Gasteiger partial charge in [-0.25, -0.2) is 4.68 Å². The van der Waals surface area contributed by atoms with E-state index in [9.17, 15) is 4.79 Å². The maximum Gasteiger partial charge on any atom is 0.220 e. The molecule has 2 heterocycles. The van der Waals surface area contributed by atoms with Gasteiger partial charge in [-0.05, 0) is 56.7 Å². The number of rotatable bonds is 8. The Bertz CT molecular complexity index is 1030. The Morgan fingerprint density at radius 1 is 1.00 bits per heavy atom. The number of hydrogen-bond acceptors (Lipinski definition) is 3. The van der Waals surface area contributed by atoms with E-state index in [1.54, 1.807) is 0 Å². The Kier molecular flexibility index (Phi) is 6.35. The SMILES string of the molecule is O=C(CC[C@H]1CCCN(Cc2cn(-c3ccccc3)nc2-c2ccccc2)C1)NC1CC1. The number of carbonyl (C=O) groups is 1. The molecule has 5 rings (SSSR count). The number of aromatic nitrogens is 2. The first-order chi connectivity index (χ1) is 15.7. The number of piperidine rings is 1. The zero-order chi connectivity index (χ0) is 21.8. The third-order valence-corrected chi connectivity index (χ3v) is 6.58. The summed E-state index contributed by atoms with van der Waals surface area (Å²) < 4.78 is 2.00. The van der Waals surface area contributed by atoms with Crippen molar-refractivity contribution in [2.75, 3.05) is 13.1 Å². The van der Waals surface area contributed by atoms with Crippen LogP contribution < -0.4 is 5.32 Å². The topological polar surface area (TPSA) is 50.2 Å². The van der Waals surface area contributed by atoms with Crippen LogP contribution in [-0.4, -0.2) is 39.7 Å². The Labute approximate surface area is 190 Å². The zero-order valence-corrected chi connectivity index (χ0v) is 18.6. The lowest BCUT2D eigenvalue weighted by molar-refractivity contribution is -0.121. The van der Waals surface area contributed by atoms with Crippen LogP contribution in [0.2, 0.25) is 0 Å². The second-order valence-electron chi connectivity index (χ2n) is 9.27. The van der Waals surface area contributed by atoms with Crippen molar-refractivity contribution in [2.45, 2.75) is 51.1 Å². The summed E-state index contributed by atoms with van der Waals surface area (Å²) in [6, 6.07) is 21.2.